The van der Waals surface area contributed by atoms with Gasteiger partial charge in [-0.25, -0.2) is 4.79 Å². The number of carboxylic acids is 1. The van der Waals surface area contributed by atoms with Gasteiger partial charge in [-0.1, -0.05) is 55.5 Å². The van der Waals surface area contributed by atoms with Crippen LogP contribution in [0.2, 0.25) is 0 Å². The predicted octanol–water partition coefficient (Wildman–Crippen LogP) is 4.06. The van der Waals surface area contributed by atoms with Crippen molar-refractivity contribution < 1.29 is 24.2 Å². The van der Waals surface area contributed by atoms with Crippen LogP contribution >= 0.6 is 0 Å². The quantitative estimate of drug-likeness (QED) is 0.563. The van der Waals surface area contributed by atoms with Gasteiger partial charge in [0.05, 0.1) is 5.92 Å². The smallest absolute Gasteiger partial charge is 0.407 e. The van der Waals surface area contributed by atoms with E-state index < -0.39 is 18.0 Å². The van der Waals surface area contributed by atoms with Crippen molar-refractivity contribution in [2.75, 3.05) is 6.61 Å². The maximum Gasteiger partial charge on any atom is 0.407 e. The van der Waals surface area contributed by atoms with Crippen LogP contribution in [-0.4, -0.2) is 41.8 Å². The van der Waals surface area contributed by atoms with Gasteiger partial charge in [-0.2, -0.15) is 0 Å². The number of ether oxygens (including phenoxy) is 1. The summed E-state index contributed by atoms with van der Waals surface area (Å²) < 4.78 is 5.58. The highest BCUT2D eigenvalue weighted by atomic mass is 16.5. The van der Waals surface area contributed by atoms with E-state index in [1.807, 2.05) is 31.2 Å². The summed E-state index contributed by atoms with van der Waals surface area (Å²) in [5, 5.41) is 14.8. The van der Waals surface area contributed by atoms with Gasteiger partial charge in [0.2, 0.25) is 5.91 Å². The van der Waals surface area contributed by atoms with Crippen molar-refractivity contribution in [3.63, 3.8) is 0 Å². The molecule has 2 aliphatic carbocycles. The Bertz CT molecular complexity index is 991. The second-order valence-electron chi connectivity index (χ2n) is 8.89. The molecule has 1 saturated carbocycles. The Kier molecular flexibility index (Phi) is 6.96. The zero-order valence-corrected chi connectivity index (χ0v) is 18.8. The molecule has 1 unspecified atom stereocenters. The molecule has 1 fully saturated rings. The molecule has 0 bridgehead atoms. The first-order valence-corrected chi connectivity index (χ1v) is 11.6. The van der Waals surface area contributed by atoms with Crippen LogP contribution < -0.4 is 10.6 Å². The molecule has 3 N–H and O–H groups in total. The third-order valence-corrected chi connectivity index (χ3v) is 6.74. The highest BCUT2D eigenvalue weighted by Gasteiger charge is 2.31. The Labute approximate surface area is 193 Å². The Hall–Kier alpha value is -3.35. The van der Waals surface area contributed by atoms with E-state index in [2.05, 4.69) is 34.9 Å². The van der Waals surface area contributed by atoms with E-state index in [-0.39, 0.29) is 36.9 Å². The van der Waals surface area contributed by atoms with E-state index in [0.29, 0.717) is 25.7 Å². The van der Waals surface area contributed by atoms with Crippen LogP contribution in [0.25, 0.3) is 11.1 Å². The molecule has 2 aromatic rings. The number of carboxylic acid groups (broad SMARTS) is 1. The molecule has 0 heterocycles. The van der Waals surface area contributed by atoms with Gasteiger partial charge >= 0.3 is 12.1 Å². The van der Waals surface area contributed by atoms with Crippen LogP contribution in [0.3, 0.4) is 0 Å². The predicted molar refractivity (Wildman–Crippen MR) is 124 cm³/mol. The van der Waals surface area contributed by atoms with E-state index in [9.17, 15) is 14.4 Å². The summed E-state index contributed by atoms with van der Waals surface area (Å²) in [5.74, 6) is -1.40. The molecule has 0 spiro atoms. The second-order valence-corrected chi connectivity index (χ2v) is 8.89. The van der Waals surface area contributed by atoms with Crippen molar-refractivity contribution in [3.05, 3.63) is 59.7 Å². The van der Waals surface area contributed by atoms with Gasteiger partial charge in [-0.3, -0.25) is 9.59 Å². The molecular formula is C26H30N2O5. The van der Waals surface area contributed by atoms with Crippen LogP contribution in [0, 0.1) is 5.92 Å². The largest absolute Gasteiger partial charge is 0.481 e. The molecule has 4 rings (SSSR count). The fourth-order valence-electron chi connectivity index (χ4n) is 4.95. The summed E-state index contributed by atoms with van der Waals surface area (Å²) in [6.07, 6.45) is 1.88. The molecule has 2 aliphatic rings. The lowest BCUT2D eigenvalue weighted by Gasteiger charge is -2.20. The third kappa shape index (κ3) is 5.18. The first-order valence-electron chi connectivity index (χ1n) is 11.6. The Morgan fingerprint density at radius 2 is 1.67 bits per heavy atom. The minimum absolute atomic E-state index is 0.0175. The fourth-order valence-corrected chi connectivity index (χ4v) is 4.95. The molecule has 33 heavy (non-hydrogen) atoms. The van der Waals surface area contributed by atoms with E-state index >= 15 is 0 Å². The van der Waals surface area contributed by atoms with Crippen molar-refractivity contribution in [3.8, 4) is 11.1 Å². The molecular weight excluding hydrogens is 420 g/mol. The van der Waals surface area contributed by atoms with Gasteiger partial charge in [-0.15, -0.1) is 0 Å². The summed E-state index contributed by atoms with van der Waals surface area (Å²) in [7, 11) is 0. The van der Waals surface area contributed by atoms with Crippen molar-refractivity contribution in [2.24, 2.45) is 5.92 Å². The lowest BCUT2D eigenvalue weighted by Crippen LogP contribution is -2.41. The van der Waals surface area contributed by atoms with Crippen LogP contribution in [0.5, 0.6) is 0 Å². The second kappa shape index (κ2) is 10.1. The summed E-state index contributed by atoms with van der Waals surface area (Å²) in [6.45, 7) is 2.12. The van der Waals surface area contributed by atoms with Gasteiger partial charge in [0.1, 0.15) is 6.61 Å². The number of carbonyl (C=O) groups excluding carboxylic acids is 2. The van der Waals surface area contributed by atoms with Gasteiger partial charge in [0, 0.05) is 24.4 Å². The van der Waals surface area contributed by atoms with Crippen LogP contribution in [0.1, 0.15) is 56.1 Å². The van der Waals surface area contributed by atoms with Crippen molar-refractivity contribution in [1.29, 1.82) is 0 Å². The summed E-state index contributed by atoms with van der Waals surface area (Å²) >= 11 is 0. The Morgan fingerprint density at radius 1 is 1.03 bits per heavy atom. The molecule has 2 aromatic carbocycles. The minimum atomic E-state index is -0.810. The topological polar surface area (TPSA) is 105 Å². The Morgan fingerprint density at radius 3 is 2.24 bits per heavy atom. The van der Waals surface area contributed by atoms with Gasteiger partial charge in [0.25, 0.3) is 0 Å². The van der Waals surface area contributed by atoms with Crippen molar-refractivity contribution >= 4 is 18.0 Å². The van der Waals surface area contributed by atoms with Gasteiger partial charge in [-0.05, 0) is 47.9 Å². The van der Waals surface area contributed by atoms with Crippen molar-refractivity contribution in [1.82, 2.24) is 10.6 Å². The lowest BCUT2D eigenvalue weighted by molar-refractivity contribution is -0.141. The van der Waals surface area contributed by atoms with Crippen molar-refractivity contribution in [2.45, 2.75) is 57.0 Å². The molecule has 174 valence electrons. The van der Waals surface area contributed by atoms with E-state index in [1.165, 1.54) is 11.1 Å². The SMILES string of the molecule is CCC(CC(=O)N[C@H]1CC[C@@H](C(=O)O)C1)NC(=O)OCC1c2ccccc2-c2ccccc21. The number of hydrogen-bond acceptors (Lipinski definition) is 4. The first kappa shape index (κ1) is 22.8. The van der Waals surface area contributed by atoms with Gasteiger partial charge < -0.3 is 20.5 Å². The molecule has 0 saturated heterocycles. The normalized spacial score (nSPS) is 19.9. The number of benzene rings is 2. The van der Waals surface area contributed by atoms with Crippen LogP contribution in [0.15, 0.2) is 48.5 Å². The third-order valence-electron chi connectivity index (χ3n) is 6.74. The van der Waals surface area contributed by atoms with E-state index in [0.717, 1.165) is 11.1 Å². The lowest BCUT2D eigenvalue weighted by atomic mass is 9.98. The Balaban J connectivity index is 1.28. The molecule has 7 nitrogen and oxygen atoms in total. The zero-order chi connectivity index (χ0) is 23.4. The number of nitrogens with one attached hydrogen (secondary N) is 2. The molecule has 0 radical (unpaired) electrons. The summed E-state index contributed by atoms with van der Waals surface area (Å²) in [5.41, 5.74) is 4.63. The zero-order valence-electron chi connectivity index (χ0n) is 18.8. The van der Waals surface area contributed by atoms with Gasteiger partial charge in [0.15, 0.2) is 0 Å². The highest BCUT2D eigenvalue weighted by molar-refractivity contribution is 5.80. The molecule has 7 heteroatoms. The number of fused-ring (bicyclic) bond motifs is 3. The van der Waals surface area contributed by atoms with Crippen LogP contribution in [-0.2, 0) is 14.3 Å². The summed E-state index contributed by atoms with van der Waals surface area (Å²) in [6, 6.07) is 15.8. The molecule has 2 amide bonds. The monoisotopic (exact) mass is 450 g/mol. The molecule has 0 aliphatic heterocycles. The number of carbonyl (C=O) groups is 3. The number of amides is 2. The molecule has 0 aromatic heterocycles. The first-order chi connectivity index (χ1) is 16.0. The number of rotatable bonds is 8. The van der Waals surface area contributed by atoms with Crippen LogP contribution in [0.4, 0.5) is 4.79 Å². The van der Waals surface area contributed by atoms with E-state index in [1.54, 1.807) is 0 Å². The fraction of sp³-hybridized carbons (Fsp3) is 0.423. The highest BCUT2D eigenvalue weighted by Crippen LogP contribution is 2.44. The average molecular weight is 451 g/mol. The summed E-state index contributed by atoms with van der Waals surface area (Å²) in [4.78, 5) is 36.0. The maximum absolute atomic E-state index is 12.5. The molecule has 3 atom stereocenters. The standard InChI is InChI=1S/C26H30N2O5/c1-2-17(14-24(29)27-18-12-11-16(13-18)25(30)31)28-26(32)33-15-23-21-9-5-3-7-19(21)20-8-4-6-10-22(20)23/h3-10,16-18,23H,2,11-15H2,1H3,(H,27,29)(H,28,32)(H,30,31)/t16-,17?,18+/m1/s1. The number of aliphatic carboxylic acids is 1. The van der Waals surface area contributed by atoms with E-state index in [4.69, 9.17) is 9.84 Å². The number of hydrogen-bond donors (Lipinski definition) is 3. The average Bonchev–Trinajstić information content (AvgIpc) is 3.40. The minimum Gasteiger partial charge on any atom is -0.481 e. The number of alkyl carbamates (subject to hydrolysis) is 1. The maximum atomic E-state index is 12.5.